The lowest BCUT2D eigenvalue weighted by atomic mass is 10.1. The quantitative estimate of drug-likeness (QED) is 0.804. The monoisotopic (exact) mass is 218 g/mol. The molecule has 3 rings (SSSR count). The maximum absolute atomic E-state index is 11.7. The SMILES string of the molecule is O=C1O[C@H]2CNC[C@@H]2N1Cc1ccccc1. The summed E-state index contributed by atoms with van der Waals surface area (Å²) in [4.78, 5) is 13.5. The molecule has 2 aliphatic heterocycles. The van der Waals surface area contributed by atoms with E-state index in [0.717, 1.165) is 18.7 Å². The molecule has 0 spiro atoms. The van der Waals surface area contributed by atoms with Crippen LogP contribution >= 0.6 is 0 Å². The number of nitrogens with one attached hydrogen (secondary N) is 1. The third kappa shape index (κ3) is 1.55. The molecule has 4 nitrogen and oxygen atoms in total. The van der Waals surface area contributed by atoms with E-state index in [4.69, 9.17) is 4.74 Å². The van der Waals surface area contributed by atoms with E-state index >= 15 is 0 Å². The van der Waals surface area contributed by atoms with Gasteiger partial charge >= 0.3 is 6.09 Å². The van der Waals surface area contributed by atoms with E-state index in [1.807, 2.05) is 35.2 Å². The van der Waals surface area contributed by atoms with Gasteiger partial charge in [0.25, 0.3) is 0 Å². The van der Waals surface area contributed by atoms with Gasteiger partial charge < -0.3 is 10.1 Å². The fourth-order valence-electron chi connectivity index (χ4n) is 2.37. The summed E-state index contributed by atoms with van der Waals surface area (Å²) in [6.45, 7) is 2.26. The van der Waals surface area contributed by atoms with Gasteiger partial charge in [-0.15, -0.1) is 0 Å². The molecule has 1 amide bonds. The molecule has 0 unspecified atom stereocenters. The van der Waals surface area contributed by atoms with E-state index < -0.39 is 0 Å². The van der Waals surface area contributed by atoms with E-state index in [9.17, 15) is 4.79 Å². The molecule has 2 heterocycles. The first-order valence-electron chi connectivity index (χ1n) is 5.56. The molecule has 4 heteroatoms. The van der Waals surface area contributed by atoms with Crippen molar-refractivity contribution >= 4 is 6.09 Å². The number of benzene rings is 1. The zero-order chi connectivity index (χ0) is 11.0. The largest absolute Gasteiger partial charge is 0.442 e. The second kappa shape index (κ2) is 3.79. The van der Waals surface area contributed by atoms with Gasteiger partial charge in [0.2, 0.25) is 0 Å². The highest BCUT2D eigenvalue weighted by Gasteiger charge is 2.44. The van der Waals surface area contributed by atoms with Gasteiger partial charge in [-0.25, -0.2) is 4.79 Å². The van der Waals surface area contributed by atoms with Crippen LogP contribution in [0.3, 0.4) is 0 Å². The lowest BCUT2D eigenvalue weighted by molar-refractivity contribution is 0.133. The van der Waals surface area contributed by atoms with Gasteiger partial charge in [0.05, 0.1) is 6.04 Å². The minimum Gasteiger partial charge on any atom is -0.442 e. The van der Waals surface area contributed by atoms with Crippen LogP contribution in [0.2, 0.25) is 0 Å². The Morgan fingerprint density at radius 3 is 2.94 bits per heavy atom. The van der Waals surface area contributed by atoms with Crippen LogP contribution in [0, 0.1) is 0 Å². The number of nitrogens with zero attached hydrogens (tertiary/aromatic N) is 1. The topological polar surface area (TPSA) is 41.6 Å². The van der Waals surface area contributed by atoms with Crippen LogP contribution in [-0.4, -0.2) is 36.2 Å². The lowest BCUT2D eigenvalue weighted by Gasteiger charge is -2.19. The number of rotatable bonds is 2. The van der Waals surface area contributed by atoms with Crippen molar-refractivity contribution in [2.24, 2.45) is 0 Å². The molecule has 2 saturated heterocycles. The minimum atomic E-state index is -0.180. The maximum atomic E-state index is 11.7. The molecule has 2 aliphatic rings. The molecular weight excluding hydrogens is 204 g/mol. The first-order chi connectivity index (χ1) is 7.84. The highest BCUT2D eigenvalue weighted by molar-refractivity contribution is 5.71. The van der Waals surface area contributed by atoms with Crippen molar-refractivity contribution in [3.63, 3.8) is 0 Å². The molecule has 0 aliphatic carbocycles. The number of carbonyl (C=O) groups is 1. The van der Waals surface area contributed by atoms with Gasteiger partial charge in [0.1, 0.15) is 6.10 Å². The van der Waals surface area contributed by atoms with Crippen LogP contribution in [0.15, 0.2) is 30.3 Å². The number of hydrogen-bond donors (Lipinski definition) is 1. The summed E-state index contributed by atoms with van der Waals surface area (Å²) in [5.41, 5.74) is 1.15. The third-order valence-electron chi connectivity index (χ3n) is 3.21. The van der Waals surface area contributed by atoms with Crippen LogP contribution in [0.1, 0.15) is 5.56 Å². The fraction of sp³-hybridized carbons (Fsp3) is 0.417. The van der Waals surface area contributed by atoms with Crippen LogP contribution in [0.4, 0.5) is 4.79 Å². The van der Waals surface area contributed by atoms with Crippen LogP contribution < -0.4 is 5.32 Å². The van der Waals surface area contributed by atoms with Gasteiger partial charge in [-0.2, -0.15) is 0 Å². The minimum absolute atomic E-state index is 0.0382. The molecule has 1 aromatic rings. The molecule has 0 aromatic heterocycles. The number of hydrogen-bond acceptors (Lipinski definition) is 3. The summed E-state index contributed by atoms with van der Waals surface area (Å²) in [6.07, 6.45) is -0.142. The second-order valence-corrected chi connectivity index (χ2v) is 4.26. The molecule has 0 saturated carbocycles. The highest BCUT2D eigenvalue weighted by Crippen LogP contribution is 2.24. The molecule has 1 N–H and O–H groups in total. The zero-order valence-electron chi connectivity index (χ0n) is 8.93. The summed E-state index contributed by atoms with van der Waals surface area (Å²) < 4.78 is 5.29. The average molecular weight is 218 g/mol. The van der Waals surface area contributed by atoms with Crippen LogP contribution in [-0.2, 0) is 11.3 Å². The number of ether oxygens (including phenoxy) is 1. The third-order valence-corrected chi connectivity index (χ3v) is 3.21. The number of fused-ring (bicyclic) bond motifs is 1. The van der Waals surface area contributed by atoms with Gasteiger partial charge in [0.15, 0.2) is 0 Å². The molecular formula is C12H14N2O2. The maximum Gasteiger partial charge on any atom is 0.410 e. The summed E-state index contributed by atoms with van der Waals surface area (Å²) in [6, 6.07) is 10.2. The second-order valence-electron chi connectivity index (χ2n) is 4.26. The number of carbonyl (C=O) groups excluding carboxylic acids is 1. The van der Waals surface area contributed by atoms with Crippen molar-refractivity contribution in [3.05, 3.63) is 35.9 Å². The fourth-order valence-corrected chi connectivity index (χ4v) is 2.37. The predicted molar refractivity (Wildman–Crippen MR) is 58.9 cm³/mol. The van der Waals surface area contributed by atoms with Crippen molar-refractivity contribution < 1.29 is 9.53 Å². The van der Waals surface area contributed by atoms with Gasteiger partial charge in [-0.1, -0.05) is 30.3 Å². The summed E-state index contributed by atoms with van der Waals surface area (Å²) in [5, 5.41) is 3.24. The van der Waals surface area contributed by atoms with E-state index in [2.05, 4.69) is 5.32 Å². The molecule has 1 aromatic carbocycles. The van der Waals surface area contributed by atoms with E-state index in [1.54, 1.807) is 0 Å². The molecule has 16 heavy (non-hydrogen) atoms. The van der Waals surface area contributed by atoms with Crippen molar-refractivity contribution in [1.82, 2.24) is 10.2 Å². The molecule has 0 bridgehead atoms. The van der Waals surface area contributed by atoms with Gasteiger partial charge in [-0.3, -0.25) is 4.90 Å². The Morgan fingerprint density at radius 2 is 2.12 bits per heavy atom. The normalized spacial score (nSPS) is 28.0. The zero-order valence-corrected chi connectivity index (χ0v) is 8.93. The predicted octanol–water partition coefficient (Wildman–Crippen LogP) is 0.979. The van der Waals surface area contributed by atoms with E-state index in [0.29, 0.717) is 6.54 Å². The van der Waals surface area contributed by atoms with Crippen molar-refractivity contribution in [2.45, 2.75) is 18.7 Å². The van der Waals surface area contributed by atoms with Crippen LogP contribution in [0.25, 0.3) is 0 Å². The Morgan fingerprint density at radius 1 is 1.31 bits per heavy atom. The molecule has 2 atom stereocenters. The Balaban J connectivity index is 1.77. The van der Waals surface area contributed by atoms with Crippen LogP contribution in [0.5, 0.6) is 0 Å². The van der Waals surface area contributed by atoms with E-state index in [-0.39, 0.29) is 18.2 Å². The van der Waals surface area contributed by atoms with Crippen molar-refractivity contribution in [1.29, 1.82) is 0 Å². The van der Waals surface area contributed by atoms with Crippen molar-refractivity contribution in [3.8, 4) is 0 Å². The van der Waals surface area contributed by atoms with E-state index in [1.165, 1.54) is 0 Å². The highest BCUT2D eigenvalue weighted by atomic mass is 16.6. The Labute approximate surface area is 94.2 Å². The lowest BCUT2D eigenvalue weighted by Crippen LogP contribution is -2.36. The Hall–Kier alpha value is -1.55. The molecule has 84 valence electrons. The van der Waals surface area contributed by atoms with Gasteiger partial charge in [-0.05, 0) is 5.56 Å². The molecule has 2 fully saturated rings. The van der Waals surface area contributed by atoms with Crippen molar-refractivity contribution in [2.75, 3.05) is 13.1 Å². The smallest absolute Gasteiger partial charge is 0.410 e. The average Bonchev–Trinajstić information content (AvgIpc) is 2.84. The standard InChI is InChI=1S/C12H14N2O2/c15-12-14(8-9-4-2-1-3-5-9)10-6-13-7-11(10)16-12/h1-5,10-11,13H,6-8H2/t10-,11-/m0/s1. The summed E-state index contributed by atoms with van der Waals surface area (Å²) in [5.74, 6) is 0. The van der Waals surface area contributed by atoms with Gasteiger partial charge in [0, 0.05) is 19.6 Å². The summed E-state index contributed by atoms with van der Waals surface area (Å²) in [7, 11) is 0. The summed E-state index contributed by atoms with van der Waals surface area (Å²) >= 11 is 0. The first kappa shape index (κ1) is 9.66. The first-order valence-corrected chi connectivity index (χ1v) is 5.56. The number of amides is 1. The Kier molecular flexibility index (Phi) is 2.29. The molecule has 0 radical (unpaired) electrons. The Bertz CT molecular complexity index is 393.